The van der Waals surface area contributed by atoms with Crippen LogP contribution in [-0.4, -0.2) is 38.4 Å². The molecule has 0 bridgehead atoms. The molecular weight excluding hydrogens is 168 g/mol. The van der Waals surface area contributed by atoms with E-state index in [1.807, 2.05) is 0 Å². The van der Waals surface area contributed by atoms with Crippen molar-refractivity contribution in [2.24, 2.45) is 0 Å². The maximum atomic E-state index is 5.53. The second kappa shape index (κ2) is 4.91. The molecule has 0 aromatic carbocycles. The van der Waals surface area contributed by atoms with Crippen LogP contribution in [0.2, 0.25) is 0 Å². The molecule has 0 radical (unpaired) electrons. The van der Waals surface area contributed by atoms with E-state index in [0.717, 1.165) is 26.1 Å². The zero-order valence-electron chi connectivity index (χ0n) is 7.92. The van der Waals surface area contributed by atoms with Crippen LogP contribution in [0.4, 0.5) is 0 Å². The third-order valence-electron chi connectivity index (χ3n) is 2.57. The van der Waals surface area contributed by atoms with Crippen LogP contribution in [0.3, 0.4) is 0 Å². The molecule has 0 amide bonds. The topological polar surface area (TPSA) is 42.5 Å². The lowest BCUT2D eigenvalue weighted by atomic mass is 10.1. The number of rotatable bonds is 4. The van der Waals surface area contributed by atoms with Gasteiger partial charge in [0.1, 0.15) is 0 Å². The Balaban J connectivity index is 1.50. The van der Waals surface area contributed by atoms with Crippen molar-refractivity contribution in [2.75, 3.05) is 26.3 Å². The zero-order valence-corrected chi connectivity index (χ0v) is 7.92. The highest BCUT2D eigenvalue weighted by molar-refractivity contribution is 4.78. The third kappa shape index (κ3) is 2.91. The minimum atomic E-state index is 0.314. The minimum Gasteiger partial charge on any atom is -0.376 e. The van der Waals surface area contributed by atoms with Gasteiger partial charge in [-0.05, 0) is 19.3 Å². The molecule has 0 spiro atoms. The summed E-state index contributed by atoms with van der Waals surface area (Å²) in [5, 5.41) is 3.18. The van der Waals surface area contributed by atoms with Crippen LogP contribution in [0.5, 0.6) is 0 Å². The van der Waals surface area contributed by atoms with E-state index < -0.39 is 0 Å². The van der Waals surface area contributed by atoms with Gasteiger partial charge in [-0.3, -0.25) is 4.84 Å². The quantitative estimate of drug-likeness (QED) is 0.609. The zero-order chi connectivity index (χ0) is 8.93. The standard InChI is InChI=1S/C9H18N2O2/c1-2-4-12-9(3-1)7-13-11-8-5-10-6-8/h8-11H,1-7H2/t9-/m1/s1. The largest absolute Gasteiger partial charge is 0.376 e. The van der Waals surface area contributed by atoms with Gasteiger partial charge in [0.05, 0.1) is 18.8 Å². The summed E-state index contributed by atoms with van der Waals surface area (Å²) in [5.74, 6) is 0. The van der Waals surface area contributed by atoms with Crippen LogP contribution in [0.1, 0.15) is 19.3 Å². The highest BCUT2D eigenvalue weighted by Crippen LogP contribution is 2.12. The number of hydroxylamine groups is 1. The van der Waals surface area contributed by atoms with E-state index >= 15 is 0 Å². The smallest absolute Gasteiger partial charge is 0.0944 e. The number of nitrogens with one attached hydrogen (secondary N) is 2. The summed E-state index contributed by atoms with van der Waals surface area (Å²) in [5.41, 5.74) is 3.02. The first-order chi connectivity index (χ1) is 6.45. The van der Waals surface area contributed by atoms with Crippen molar-refractivity contribution in [1.82, 2.24) is 10.8 Å². The highest BCUT2D eigenvalue weighted by atomic mass is 16.7. The van der Waals surface area contributed by atoms with E-state index in [1.165, 1.54) is 12.8 Å². The van der Waals surface area contributed by atoms with Crippen molar-refractivity contribution in [3.05, 3.63) is 0 Å². The maximum Gasteiger partial charge on any atom is 0.0944 e. The normalized spacial score (nSPS) is 30.0. The second-order valence-electron chi connectivity index (χ2n) is 3.77. The number of hydrogen-bond donors (Lipinski definition) is 2. The van der Waals surface area contributed by atoms with Crippen LogP contribution < -0.4 is 10.8 Å². The molecule has 1 atom stereocenters. The summed E-state index contributed by atoms with van der Waals surface area (Å²) in [7, 11) is 0. The van der Waals surface area contributed by atoms with E-state index in [1.54, 1.807) is 0 Å². The maximum absolute atomic E-state index is 5.53. The fourth-order valence-electron chi connectivity index (χ4n) is 1.57. The van der Waals surface area contributed by atoms with Gasteiger partial charge in [0.25, 0.3) is 0 Å². The van der Waals surface area contributed by atoms with Crippen LogP contribution in [0, 0.1) is 0 Å². The van der Waals surface area contributed by atoms with Crippen LogP contribution >= 0.6 is 0 Å². The van der Waals surface area contributed by atoms with Gasteiger partial charge in [-0.1, -0.05) is 0 Å². The van der Waals surface area contributed by atoms with Crippen molar-refractivity contribution in [2.45, 2.75) is 31.4 Å². The molecule has 2 N–H and O–H groups in total. The SMILES string of the molecule is C1CC[C@H](CONC2CNC2)OC1. The summed E-state index contributed by atoms with van der Waals surface area (Å²) >= 11 is 0. The molecule has 4 nitrogen and oxygen atoms in total. The average molecular weight is 186 g/mol. The van der Waals surface area contributed by atoms with E-state index in [2.05, 4.69) is 10.8 Å². The Bertz CT molecular complexity index is 145. The molecule has 0 aromatic rings. The molecule has 0 aromatic heterocycles. The molecule has 2 aliphatic heterocycles. The predicted molar refractivity (Wildman–Crippen MR) is 49.3 cm³/mol. The molecule has 2 aliphatic rings. The molecule has 76 valence electrons. The lowest BCUT2D eigenvalue weighted by Crippen LogP contribution is -2.55. The summed E-state index contributed by atoms with van der Waals surface area (Å²) < 4.78 is 5.53. The fourth-order valence-corrected chi connectivity index (χ4v) is 1.57. The summed E-state index contributed by atoms with van der Waals surface area (Å²) in [4.78, 5) is 5.36. The van der Waals surface area contributed by atoms with Crippen molar-refractivity contribution >= 4 is 0 Å². The van der Waals surface area contributed by atoms with Gasteiger partial charge >= 0.3 is 0 Å². The molecule has 2 rings (SSSR count). The van der Waals surface area contributed by atoms with Crippen LogP contribution in [-0.2, 0) is 9.57 Å². The average Bonchev–Trinajstić information content (AvgIpc) is 2.11. The minimum absolute atomic E-state index is 0.314. The predicted octanol–water partition coefficient (Wildman–Crippen LogP) is 0.0485. The van der Waals surface area contributed by atoms with E-state index in [9.17, 15) is 0 Å². The summed E-state index contributed by atoms with van der Waals surface area (Å²) in [6.45, 7) is 3.63. The summed E-state index contributed by atoms with van der Waals surface area (Å²) in [6.07, 6.45) is 3.94. The highest BCUT2D eigenvalue weighted by Gasteiger charge is 2.18. The van der Waals surface area contributed by atoms with Gasteiger partial charge in [0, 0.05) is 19.7 Å². The van der Waals surface area contributed by atoms with Gasteiger partial charge in [-0.25, -0.2) is 0 Å². The molecule has 2 saturated heterocycles. The Hall–Kier alpha value is -0.160. The Morgan fingerprint density at radius 3 is 2.92 bits per heavy atom. The summed E-state index contributed by atoms with van der Waals surface area (Å²) in [6, 6.07) is 0.503. The first-order valence-corrected chi connectivity index (χ1v) is 5.15. The molecule has 13 heavy (non-hydrogen) atoms. The van der Waals surface area contributed by atoms with Crippen LogP contribution in [0.15, 0.2) is 0 Å². The number of hydrogen-bond acceptors (Lipinski definition) is 4. The molecule has 2 heterocycles. The van der Waals surface area contributed by atoms with E-state index in [4.69, 9.17) is 9.57 Å². The van der Waals surface area contributed by atoms with Gasteiger partial charge in [0.15, 0.2) is 0 Å². The van der Waals surface area contributed by atoms with Gasteiger partial charge in [0.2, 0.25) is 0 Å². The van der Waals surface area contributed by atoms with Crippen molar-refractivity contribution in [3.63, 3.8) is 0 Å². The van der Waals surface area contributed by atoms with E-state index in [0.29, 0.717) is 18.8 Å². The van der Waals surface area contributed by atoms with Crippen molar-refractivity contribution in [1.29, 1.82) is 0 Å². The first kappa shape index (κ1) is 9.40. The Morgan fingerprint density at radius 1 is 1.38 bits per heavy atom. The van der Waals surface area contributed by atoms with Crippen LogP contribution in [0.25, 0.3) is 0 Å². The Morgan fingerprint density at radius 2 is 2.31 bits per heavy atom. The van der Waals surface area contributed by atoms with Crippen molar-refractivity contribution in [3.8, 4) is 0 Å². The van der Waals surface area contributed by atoms with E-state index in [-0.39, 0.29) is 0 Å². The molecule has 0 unspecified atom stereocenters. The van der Waals surface area contributed by atoms with Crippen molar-refractivity contribution < 1.29 is 9.57 Å². The van der Waals surface area contributed by atoms with Gasteiger partial charge in [-0.15, -0.1) is 0 Å². The lowest BCUT2D eigenvalue weighted by Gasteiger charge is -2.29. The second-order valence-corrected chi connectivity index (χ2v) is 3.77. The Labute approximate surface area is 78.9 Å². The first-order valence-electron chi connectivity index (χ1n) is 5.15. The lowest BCUT2D eigenvalue weighted by molar-refractivity contribution is -0.0818. The monoisotopic (exact) mass is 186 g/mol. The third-order valence-corrected chi connectivity index (χ3v) is 2.57. The molecule has 4 heteroatoms. The molecule has 2 fully saturated rings. The molecule has 0 aliphatic carbocycles. The van der Waals surface area contributed by atoms with Gasteiger partial charge in [-0.2, -0.15) is 5.48 Å². The Kier molecular flexibility index (Phi) is 3.55. The molecular formula is C9H18N2O2. The molecule has 0 saturated carbocycles. The number of ether oxygens (including phenoxy) is 1. The van der Waals surface area contributed by atoms with Gasteiger partial charge < -0.3 is 10.1 Å². The fraction of sp³-hybridized carbons (Fsp3) is 1.00.